The van der Waals surface area contributed by atoms with Crippen molar-refractivity contribution in [2.45, 2.75) is 13.8 Å². The average Bonchev–Trinajstić information content (AvgIpc) is 3.30. The number of hydrogen-bond acceptors (Lipinski definition) is 6. The molecule has 0 bridgehead atoms. The van der Waals surface area contributed by atoms with Gasteiger partial charge in [0.1, 0.15) is 0 Å². The number of nitrogens with zero attached hydrogens (tertiary/aromatic N) is 4. The van der Waals surface area contributed by atoms with E-state index in [9.17, 15) is 0 Å². The molecule has 27 heavy (non-hydrogen) atoms. The summed E-state index contributed by atoms with van der Waals surface area (Å²) in [6, 6.07) is 10.4. The first kappa shape index (κ1) is 17.2. The molecule has 1 aliphatic heterocycles. The molecule has 0 N–H and O–H groups in total. The van der Waals surface area contributed by atoms with E-state index in [4.69, 9.17) is 21.6 Å². The fourth-order valence-electron chi connectivity index (χ4n) is 3.52. The minimum atomic E-state index is 0.787. The van der Waals surface area contributed by atoms with Gasteiger partial charge in [-0.05, 0) is 43.2 Å². The molecule has 0 amide bonds. The second-order valence-electron chi connectivity index (χ2n) is 6.91. The first-order valence-electron chi connectivity index (χ1n) is 9.02. The molecule has 2 aromatic heterocycles. The van der Waals surface area contributed by atoms with Crippen LogP contribution in [0.2, 0.25) is 5.02 Å². The molecule has 0 radical (unpaired) electrons. The van der Waals surface area contributed by atoms with Crippen LogP contribution in [0.5, 0.6) is 0 Å². The third-order valence-electron chi connectivity index (χ3n) is 5.17. The smallest absolute Gasteiger partial charge is 0.186 e. The summed E-state index contributed by atoms with van der Waals surface area (Å²) in [5.74, 6) is 0. The summed E-state index contributed by atoms with van der Waals surface area (Å²) in [5.41, 5.74) is 4.49. The van der Waals surface area contributed by atoms with Crippen LogP contribution in [0, 0.1) is 13.8 Å². The minimum absolute atomic E-state index is 0.787. The minimum Gasteiger partial charge on any atom is -0.345 e. The van der Waals surface area contributed by atoms with Crippen LogP contribution in [0.4, 0.5) is 10.3 Å². The van der Waals surface area contributed by atoms with Crippen molar-refractivity contribution in [3.8, 4) is 0 Å². The number of rotatable bonds is 2. The van der Waals surface area contributed by atoms with Gasteiger partial charge in [0, 0.05) is 31.2 Å². The normalized spacial score (nSPS) is 15.2. The highest BCUT2D eigenvalue weighted by Gasteiger charge is 2.22. The largest absolute Gasteiger partial charge is 0.345 e. The molecule has 0 saturated carbocycles. The Bertz CT molecular complexity index is 1140. The van der Waals surface area contributed by atoms with Gasteiger partial charge < -0.3 is 9.80 Å². The maximum absolute atomic E-state index is 6.25. The number of thiazole rings is 2. The summed E-state index contributed by atoms with van der Waals surface area (Å²) in [7, 11) is 0. The zero-order valence-electron chi connectivity index (χ0n) is 15.2. The molecule has 1 saturated heterocycles. The number of piperazine rings is 1. The maximum atomic E-state index is 6.25. The zero-order chi connectivity index (χ0) is 18.5. The Hall–Kier alpha value is -1.89. The highest BCUT2D eigenvalue weighted by Crippen LogP contribution is 2.35. The predicted molar refractivity (Wildman–Crippen MR) is 118 cm³/mol. The fourth-order valence-corrected chi connectivity index (χ4v) is 5.85. The molecule has 7 heteroatoms. The number of halogens is 1. The summed E-state index contributed by atoms with van der Waals surface area (Å²) >= 11 is 9.80. The Labute approximate surface area is 171 Å². The van der Waals surface area contributed by atoms with E-state index in [-0.39, 0.29) is 0 Å². The van der Waals surface area contributed by atoms with E-state index in [0.717, 1.165) is 58.1 Å². The molecular formula is C20H19ClN4S2. The van der Waals surface area contributed by atoms with E-state index >= 15 is 0 Å². The van der Waals surface area contributed by atoms with Gasteiger partial charge >= 0.3 is 0 Å². The van der Waals surface area contributed by atoms with Gasteiger partial charge in [-0.1, -0.05) is 46.4 Å². The Kier molecular flexibility index (Phi) is 4.22. The zero-order valence-corrected chi connectivity index (χ0v) is 17.6. The predicted octanol–water partition coefficient (Wildman–Crippen LogP) is 5.50. The summed E-state index contributed by atoms with van der Waals surface area (Å²) in [6.07, 6.45) is 0. The highest BCUT2D eigenvalue weighted by molar-refractivity contribution is 7.22. The van der Waals surface area contributed by atoms with Gasteiger partial charge in [0.2, 0.25) is 0 Å². The lowest BCUT2D eigenvalue weighted by Gasteiger charge is -2.34. The topological polar surface area (TPSA) is 32.3 Å². The summed E-state index contributed by atoms with van der Waals surface area (Å²) in [4.78, 5) is 14.5. The van der Waals surface area contributed by atoms with Gasteiger partial charge in [0.05, 0.1) is 20.4 Å². The molecule has 3 heterocycles. The Morgan fingerprint density at radius 1 is 0.815 bits per heavy atom. The van der Waals surface area contributed by atoms with Crippen LogP contribution in [0.1, 0.15) is 11.1 Å². The van der Waals surface area contributed by atoms with Gasteiger partial charge in [-0.25, -0.2) is 9.97 Å². The van der Waals surface area contributed by atoms with Crippen molar-refractivity contribution < 1.29 is 0 Å². The first-order chi connectivity index (χ1) is 13.1. The van der Waals surface area contributed by atoms with E-state index in [1.807, 2.05) is 13.0 Å². The van der Waals surface area contributed by atoms with Crippen molar-refractivity contribution in [1.29, 1.82) is 0 Å². The lowest BCUT2D eigenvalue weighted by molar-refractivity contribution is 0.651. The molecule has 138 valence electrons. The number of para-hydroxylation sites is 1. The first-order valence-corrected chi connectivity index (χ1v) is 11.0. The third kappa shape index (κ3) is 2.96. The van der Waals surface area contributed by atoms with E-state index in [0.29, 0.717) is 0 Å². The highest BCUT2D eigenvalue weighted by atomic mass is 35.5. The average molecular weight is 415 g/mol. The van der Waals surface area contributed by atoms with Gasteiger partial charge in [-0.2, -0.15) is 0 Å². The van der Waals surface area contributed by atoms with Crippen molar-refractivity contribution in [3.63, 3.8) is 0 Å². The number of aromatic nitrogens is 2. The fraction of sp³-hybridized carbons (Fsp3) is 0.300. The molecule has 4 nitrogen and oxygen atoms in total. The standard InChI is InChI=1S/C20H19ClN4S2/c1-12-4-3-5-15-17(12)22-19(26-15)24-8-10-25(11-9-24)20-23-18-13(2)14(21)6-7-16(18)27-20/h3-7H,8-11H2,1-2H3. The molecule has 0 unspecified atom stereocenters. The van der Waals surface area contributed by atoms with Gasteiger partial charge in [0.25, 0.3) is 0 Å². The number of aryl methyl sites for hydroxylation is 2. The van der Waals surface area contributed by atoms with Crippen LogP contribution in [0.3, 0.4) is 0 Å². The van der Waals surface area contributed by atoms with Crippen molar-refractivity contribution in [2.75, 3.05) is 36.0 Å². The number of hydrogen-bond donors (Lipinski definition) is 0. The van der Waals surface area contributed by atoms with Crippen LogP contribution >= 0.6 is 34.3 Å². The van der Waals surface area contributed by atoms with Crippen molar-refractivity contribution in [2.24, 2.45) is 0 Å². The van der Waals surface area contributed by atoms with E-state index < -0.39 is 0 Å². The summed E-state index contributed by atoms with van der Waals surface area (Å²) in [5, 5.41) is 3.01. The summed E-state index contributed by atoms with van der Waals surface area (Å²) in [6.45, 7) is 8.03. The Morgan fingerprint density at radius 3 is 2.04 bits per heavy atom. The molecule has 1 aliphatic rings. The monoisotopic (exact) mass is 414 g/mol. The van der Waals surface area contributed by atoms with Gasteiger partial charge in [0.15, 0.2) is 10.3 Å². The molecule has 2 aromatic carbocycles. The van der Waals surface area contributed by atoms with Gasteiger partial charge in [-0.15, -0.1) is 0 Å². The van der Waals surface area contributed by atoms with Crippen LogP contribution < -0.4 is 9.80 Å². The molecule has 0 spiro atoms. The SMILES string of the molecule is Cc1cccc2sc(N3CCN(c4nc5c(C)c(Cl)ccc5s4)CC3)nc12. The Balaban J connectivity index is 1.36. The molecule has 0 aliphatic carbocycles. The third-order valence-corrected chi connectivity index (χ3v) is 7.74. The molecule has 5 rings (SSSR count). The molecule has 4 aromatic rings. The second kappa shape index (κ2) is 6.62. The maximum Gasteiger partial charge on any atom is 0.186 e. The van der Waals surface area contributed by atoms with Crippen molar-refractivity contribution in [1.82, 2.24) is 9.97 Å². The molecule has 0 atom stereocenters. The van der Waals surface area contributed by atoms with Crippen LogP contribution in [0.25, 0.3) is 20.4 Å². The Morgan fingerprint density at radius 2 is 1.41 bits per heavy atom. The molecular weight excluding hydrogens is 396 g/mol. The van der Waals surface area contributed by atoms with E-state index in [1.54, 1.807) is 22.7 Å². The second-order valence-corrected chi connectivity index (χ2v) is 9.33. The number of benzene rings is 2. The van der Waals surface area contributed by atoms with Gasteiger partial charge in [-0.3, -0.25) is 0 Å². The summed E-state index contributed by atoms with van der Waals surface area (Å²) < 4.78 is 2.47. The number of fused-ring (bicyclic) bond motifs is 2. The van der Waals surface area contributed by atoms with Crippen molar-refractivity contribution in [3.05, 3.63) is 46.5 Å². The van der Waals surface area contributed by atoms with Crippen LogP contribution in [0.15, 0.2) is 30.3 Å². The van der Waals surface area contributed by atoms with E-state index in [2.05, 4.69) is 41.0 Å². The lowest BCUT2D eigenvalue weighted by Crippen LogP contribution is -2.46. The van der Waals surface area contributed by atoms with Crippen molar-refractivity contribution >= 4 is 65.0 Å². The lowest BCUT2D eigenvalue weighted by atomic mass is 10.2. The molecule has 1 fully saturated rings. The van der Waals surface area contributed by atoms with E-state index in [1.165, 1.54) is 15.0 Å². The van der Waals surface area contributed by atoms with Crippen LogP contribution in [-0.2, 0) is 0 Å². The quantitative estimate of drug-likeness (QED) is 0.433. The number of anilines is 2. The van der Waals surface area contributed by atoms with Crippen LogP contribution in [-0.4, -0.2) is 36.1 Å².